The van der Waals surface area contributed by atoms with Gasteiger partial charge in [0.25, 0.3) is 5.91 Å². The van der Waals surface area contributed by atoms with Crippen molar-refractivity contribution in [1.82, 2.24) is 9.88 Å². The number of amides is 1. The van der Waals surface area contributed by atoms with Crippen LogP contribution >= 0.6 is 11.3 Å². The van der Waals surface area contributed by atoms with E-state index in [9.17, 15) is 4.79 Å². The Labute approximate surface area is 128 Å². The molecular weight excluding hydrogens is 284 g/mol. The number of furan rings is 1. The van der Waals surface area contributed by atoms with Gasteiger partial charge >= 0.3 is 0 Å². The zero-order chi connectivity index (χ0) is 15.0. The van der Waals surface area contributed by atoms with Crippen molar-refractivity contribution in [3.63, 3.8) is 0 Å². The predicted molar refractivity (Wildman–Crippen MR) is 83.4 cm³/mol. The number of aromatic nitrogens is 1. The maximum absolute atomic E-state index is 12.7. The molecule has 0 radical (unpaired) electrons. The summed E-state index contributed by atoms with van der Waals surface area (Å²) in [5.74, 6) is 1.89. The van der Waals surface area contributed by atoms with Crippen molar-refractivity contribution < 1.29 is 9.21 Å². The molecule has 5 heteroatoms. The molecule has 2 aromatic rings. The van der Waals surface area contributed by atoms with Gasteiger partial charge in [-0.2, -0.15) is 0 Å². The first-order chi connectivity index (χ1) is 10.0. The lowest BCUT2D eigenvalue weighted by Gasteiger charge is -2.34. The highest BCUT2D eigenvalue weighted by Crippen LogP contribution is 2.30. The summed E-state index contributed by atoms with van der Waals surface area (Å²) in [7, 11) is 0. The van der Waals surface area contributed by atoms with Crippen LogP contribution in [0.1, 0.15) is 35.6 Å². The van der Waals surface area contributed by atoms with Crippen LogP contribution in [0, 0.1) is 18.8 Å². The van der Waals surface area contributed by atoms with Crippen molar-refractivity contribution >= 4 is 17.2 Å². The normalized spacial score (nSPS) is 22.5. The molecule has 0 aliphatic carbocycles. The average molecular weight is 304 g/mol. The van der Waals surface area contributed by atoms with E-state index < -0.39 is 0 Å². The first-order valence-corrected chi connectivity index (χ1v) is 8.17. The van der Waals surface area contributed by atoms with Gasteiger partial charge in [0.15, 0.2) is 10.8 Å². The third-order valence-electron chi connectivity index (χ3n) is 3.89. The van der Waals surface area contributed by atoms with Crippen molar-refractivity contribution in [2.24, 2.45) is 11.8 Å². The Kier molecular flexibility index (Phi) is 3.85. The molecule has 1 saturated heterocycles. The Bertz CT molecular complexity index is 623. The number of nitrogens with zero attached hydrogens (tertiary/aromatic N) is 2. The van der Waals surface area contributed by atoms with Crippen LogP contribution in [0.25, 0.3) is 10.8 Å². The highest BCUT2D eigenvalue weighted by atomic mass is 32.1. The van der Waals surface area contributed by atoms with Gasteiger partial charge < -0.3 is 9.32 Å². The Morgan fingerprint density at radius 2 is 2.10 bits per heavy atom. The zero-order valence-electron chi connectivity index (χ0n) is 12.6. The Balaban J connectivity index is 1.85. The molecule has 0 aromatic carbocycles. The minimum Gasteiger partial charge on any atom is -0.462 e. The van der Waals surface area contributed by atoms with E-state index in [1.165, 1.54) is 17.8 Å². The minimum absolute atomic E-state index is 0.0555. The van der Waals surface area contributed by atoms with Crippen LogP contribution in [0.3, 0.4) is 0 Å². The van der Waals surface area contributed by atoms with Gasteiger partial charge in [0.2, 0.25) is 0 Å². The second-order valence-electron chi connectivity index (χ2n) is 6.06. The topological polar surface area (TPSA) is 46.3 Å². The average Bonchev–Trinajstić information content (AvgIpc) is 3.05. The number of aryl methyl sites for hydroxylation is 1. The molecular formula is C16H20N2O2S. The highest BCUT2D eigenvalue weighted by Gasteiger charge is 2.28. The number of piperidine rings is 1. The third kappa shape index (κ3) is 2.88. The monoisotopic (exact) mass is 304 g/mol. The van der Waals surface area contributed by atoms with Crippen LogP contribution < -0.4 is 0 Å². The zero-order valence-corrected chi connectivity index (χ0v) is 13.4. The third-order valence-corrected chi connectivity index (χ3v) is 4.87. The van der Waals surface area contributed by atoms with Gasteiger partial charge in [0, 0.05) is 18.0 Å². The molecule has 2 aromatic heterocycles. The predicted octanol–water partition coefficient (Wildman–Crippen LogP) is 3.83. The summed E-state index contributed by atoms with van der Waals surface area (Å²) in [5, 5.41) is 0.777. The molecule has 0 bridgehead atoms. The fraction of sp³-hybridized carbons (Fsp3) is 0.500. The van der Waals surface area contributed by atoms with E-state index in [1.54, 1.807) is 6.26 Å². The lowest BCUT2D eigenvalue weighted by Crippen LogP contribution is -2.42. The smallest absolute Gasteiger partial charge is 0.273 e. The fourth-order valence-electron chi connectivity index (χ4n) is 3.08. The lowest BCUT2D eigenvalue weighted by molar-refractivity contribution is 0.0617. The van der Waals surface area contributed by atoms with Crippen LogP contribution in [0.15, 0.2) is 22.8 Å². The van der Waals surface area contributed by atoms with E-state index in [0.29, 0.717) is 17.5 Å². The van der Waals surface area contributed by atoms with E-state index in [-0.39, 0.29) is 5.91 Å². The number of carbonyl (C=O) groups is 1. The molecule has 1 aliphatic rings. The van der Waals surface area contributed by atoms with Gasteiger partial charge in [0.05, 0.1) is 6.26 Å². The number of hydrogen-bond acceptors (Lipinski definition) is 4. The molecule has 3 heterocycles. The molecule has 1 aliphatic heterocycles. The Hall–Kier alpha value is -1.62. The summed E-state index contributed by atoms with van der Waals surface area (Å²) >= 11 is 1.51. The van der Waals surface area contributed by atoms with Gasteiger partial charge in [-0.05, 0) is 37.3 Å². The van der Waals surface area contributed by atoms with Crippen LogP contribution in [0.2, 0.25) is 0 Å². The number of rotatable bonds is 2. The summed E-state index contributed by atoms with van der Waals surface area (Å²) in [6, 6.07) is 3.71. The van der Waals surface area contributed by atoms with Gasteiger partial charge in [0.1, 0.15) is 5.69 Å². The van der Waals surface area contributed by atoms with Gasteiger partial charge in [-0.25, -0.2) is 4.98 Å². The van der Waals surface area contributed by atoms with E-state index in [0.717, 1.165) is 28.7 Å². The van der Waals surface area contributed by atoms with Crippen molar-refractivity contribution in [2.45, 2.75) is 27.2 Å². The number of carbonyl (C=O) groups excluding carboxylic acids is 1. The van der Waals surface area contributed by atoms with Crippen molar-refractivity contribution in [3.8, 4) is 10.8 Å². The van der Waals surface area contributed by atoms with E-state index in [1.807, 2.05) is 24.0 Å². The fourth-order valence-corrected chi connectivity index (χ4v) is 3.95. The molecule has 2 atom stereocenters. The highest BCUT2D eigenvalue weighted by molar-refractivity contribution is 7.15. The number of thiazole rings is 1. The number of hydrogen-bond donors (Lipinski definition) is 0. The SMILES string of the molecule is Cc1sc(-c2ccco2)nc1C(=O)N1CC(C)CC(C)C1. The molecule has 3 rings (SSSR count). The summed E-state index contributed by atoms with van der Waals surface area (Å²) in [6.07, 6.45) is 2.82. The molecule has 0 N–H and O–H groups in total. The molecule has 112 valence electrons. The van der Waals surface area contributed by atoms with Crippen LogP contribution in [-0.2, 0) is 0 Å². The van der Waals surface area contributed by atoms with Gasteiger partial charge in [-0.15, -0.1) is 11.3 Å². The molecule has 1 amide bonds. The van der Waals surface area contributed by atoms with Crippen molar-refractivity contribution in [2.75, 3.05) is 13.1 Å². The quantitative estimate of drug-likeness (QED) is 0.847. The van der Waals surface area contributed by atoms with Gasteiger partial charge in [-0.3, -0.25) is 4.79 Å². The standard InChI is InChI=1S/C16H20N2O2S/c1-10-7-11(2)9-18(8-10)16(19)14-12(3)21-15(17-14)13-5-4-6-20-13/h4-6,10-11H,7-9H2,1-3H3. The van der Waals surface area contributed by atoms with E-state index in [4.69, 9.17) is 4.42 Å². The van der Waals surface area contributed by atoms with Crippen LogP contribution in [0.5, 0.6) is 0 Å². The molecule has 21 heavy (non-hydrogen) atoms. The maximum atomic E-state index is 12.7. The molecule has 4 nitrogen and oxygen atoms in total. The largest absolute Gasteiger partial charge is 0.462 e. The molecule has 1 fully saturated rings. The first kappa shape index (κ1) is 14.3. The Morgan fingerprint density at radius 3 is 2.71 bits per heavy atom. The van der Waals surface area contributed by atoms with Crippen LogP contribution in [-0.4, -0.2) is 28.9 Å². The second kappa shape index (κ2) is 5.64. The van der Waals surface area contributed by atoms with E-state index in [2.05, 4.69) is 18.8 Å². The molecule has 2 unspecified atom stereocenters. The number of likely N-dealkylation sites (tertiary alicyclic amines) is 1. The summed E-state index contributed by atoms with van der Waals surface area (Å²) in [4.78, 5) is 20.2. The Morgan fingerprint density at radius 1 is 1.38 bits per heavy atom. The summed E-state index contributed by atoms with van der Waals surface area (Å²) in [5.41, 5.74) is 0.577. The lowest BCUT2D eigenvalue weighted by atomic mass is 9.92. The summed E-state index contributed by atoms with van der Waals surface area (Å²) < 4.78 is 5.37. The first-order valence-electron chi connectivity index (χ1n) is 7.35. The van der Waals surface area contributed by atoms with Crippen molar-refractivity contribution in [1.29, 1.82) is 0 Å². The van der Waals surface area contributed by atoms with Gasteiger partial charge in [-0.1, -0.05) is 13.8 Å². The molecule has 0 saturated carbocycles. The van der Waals surface area contributed by atoms with E-state index >= 15 is 0 Å². The van der Waals surface area contributed by atoms with Crippen molar-refractivity contribution in [3.05, 3.63) is 29.0 Å². The maximum Gasteiger partial charge on any atom is 0.273 e. The summed E-state index contributed by atoms with van der Waals surface area (Å²) in [6.45, 7) is 8.02. The second-order valence-corrected chi connectivity index (χ2v) is 7.26. The van der Waals surface area contributed by atoms with Crippen LogP contribution in [0.4, 0.5) is 0 Å². The minimum atomic E-state index is 0.0555. The molecule has 0 spiro atoms.